The molecule has 1 aliphatic heterocycles. The predicted octanol–water partition coefficient (Wildman–Crippen LogP) is 9.27. The zero-order chi connectivity index (χ0) is 79.3. The molecule has 4 N–H and O–H groups in total. The van der Waals surface area contributed by atoms with Crippen LogP contribution in [0.1, 0.15) is 176 Å². The van der Waals surface area contributed by atoms with Crippen LogP contribution in [0.3, 0.4) is 0 Å². The van der Waals surface area contributed by atoms with Gasteiger partial charge in [-0.2, -0.15) is 0 Å². The fraction of sp³-hybridized carbons (Fsp3) is 0.549. The maximum absolute atomic E-state index is 16.6. The maximum atomic E-state index is 16.6. The first kappa shape index (κ1) is 81.2. The van der Waals surface area contributed by atoms with Crippen LogP contribution in [0, 0.1) is 39.4 Å². The molecule has 3 aromatic rings. The van der Waals surface area contributed by atoms with Crippen molar-refractivity contribution in [1.82, 2.24) is 5.32 Å². The third kappa shape index (κ3) is 15.5. The second-order valence-electron chi connectivity index (χ2n) is 32.1. The molecule has 3 aromatic carbocycles. The average molecular weight is 1500 g/mol. The van der Waals surface area contributed by atoms with Crippen LogP contribution in [-0.4, -0.2) is 171 Å². The molecule has 19 atom stereocenters. The number of rotatable bonds is 19. The van der Waals surface area contributed by atoms with E-state index >= 15 is 9.59 Å². The molecule has 1 saturated heterocycles. The van der Waals surface area contributed by atoms with Crippen molar-refractivity contribution in [3.8, 4) is 0 Å². The highest BCUT2D eigenvalue weighted by atomic mass is 16.6. The first-order valence-electron chi connectivity index (χ1n) is 36.4. The van der Waals surface area contributed by atoms with Crippen molar-refractivity contribution in [3.63, 3.8) is 0 Å². The number of carbonyl (C=O) groups excluding carboxylic acids is 11. The zero-order valence-corrected chi connectivity index (χ0v) is 63.7. The molecule has 0 spiro atoms. The summed E-state index contributed by atoms with van der Waals surface area (Å²) in [7, 11) is 0. The minimum atomic E-state index is -2.63. The minimum Gasteiger partial charge on any atom is -0.462 e. The van der Waals surface area contributed by atoms with Crippen molar-refractivity contribution in [2.24, 2.45) is 39.4 Å². The lowest BCUT2D eigenvalue weighted by molar-refractivity contribution is -0.346. The van der Waals surface area contributed by atoms with Crippen molar-refractivity contribution in [2.75, 3.05) is 6.61 Å². The van der Waals surface area contributed by atoms with Crippen LogP contribution in [-0.2, 0) is 95.3 Å². The summed E-state index contributed by atoms with van der Waals surface area (Å²) in [4.78, 5) is 157. The molecule has 0 radical (unpaired) electrons. The quantitative estimate of drug-likeness (QED) is 0.0376. The Kier molecular flexibility index (Phi) is 23.3. The van der Waals surface area contributed by atoms with Gasteiger partial charge in [0.1, 0.15) is 47.8 Å². The highest BCUT2D eigenvalue weighted by molar-refractivity contribution is 5.96. The van der Waals surface area contributed by atoms with Crippen molar-refractivity contribution in [1.29, 1.82) is 0 Å². The normalized spacial score (nSPS) is 32.2. The average Bonchev–Trinajstić information content (AvgIpc) is 0.669. The zero-order valence-electron chi connectivity index (χ0n) is 63.7. The van der Waals surface area contributed by atoms with Crippen molar-refractivity contribution in [2.45, 2.75) is 239 Å². The summed E-state index contributed by atoms with van der Waals surface area (Å²) in [6, 6.07) is 23.0. The molecular formula is C82H99NO25. The van der Waals surface area contributed by atoms with Gasteiger partial charge in [-0.3, -0.25) is 33.6 Å². The van der Waals surface area contributed by atoms with Gasteiger partial charge >= 0.3 is 59.8 Å². The van der Waals surface area contributed by atoms with Crippen LogP contribution in [0.4, 0.5) is 4.79 Å². The van der Waals surface area contributed by atoms with E-state index in [-0.39, 0.29) is 48.0 Å². The number of aliphatic hydroxyl groups is 3. The van der Waals surface area contributed by atoms with Crippen LogP contribution in [0.25, 0.3) is 6.08 Å². The Bertz CT molecular complexity index is 4140. The molecule has 7 aliphatic rings. The standard InChI is InChI=1S/C82H99NO25/c1-42-53-36-52-37-54(43(2)63(77(52,11)12)68(100-46(5)85)71(101-47(6)86)79(53,15)58(99-45(4)84)38-55(42)103-60(89)33-32-49-26-20-17-21-27-49)102-61(90)34-35-62(91)105-67-64-44(3)56(104-74(95)66(92)65(50-28-22-18-23-29-50)83-75(96)108-76(8,9)10)40-82(97,78(64,13)14)72(106-73(94)51-30-24-19-25-31-51)69-80(16,70(67)93)57(88)39-59-81(69,41-98-59)107-48(7)87/h17-33,52-59,65-69,71-72,88,92,97H,1,34-41H2,2-16H3,(H,83,96)/b33-32+/t52-,53-,54+,55+,56+,57+,58+,59-,65+,66-,67-,68-,69+,71+,72+,79+,80-,81+,82-/m1/s1. The highest BCUT2D eigenvalue weighted by Gasteiger charge is 2.79. The molecule has 108 heavy (non-hydrogen) atoms. The number of alkyl carbamates (subject to hydrolysis) is 1. The number of hydrogen-bond acceptors (Lipinski definition) is 25. The smallest absolute Gasteiger partial charge is 0.408 e. The van der Waals surface area contributed by atoms with E-state index in [0.29, 0.717) is 16.7 Å². The molecular weight excluding hydrogens is 1400 g/mol. The van der Waals surface area contributed by atoms with Gasteiger partial charge in [0.25, 0.3) is 0 Å². The van der Waals surface area contributed by atoms with Gasteiger partial charge in [-0.05, 0) is 129 Å². The Morgan fingerprint density at radius 1 is 0.667 bits per heavy atom. The molecule has 6 aliphatic carbocycles. The monoisotopic (exact) mass is 1500 g/mol. The first-order valence-corrected chi connectivity index (χ1v) is 36.4. The Balaban J connectivity index is 1.02. The highest BCUT2D eigenvalue weighted by Crippen LogP contribution is 2.66. The number of aliphatic hydroxyl groups excluding tert-OH is 2. The topological polar surface area (TPSA) is 362 Å². The largest absolute Gasteiger partial charge is 0.462 e. The molecule has 4 saturated carbocycles. The summed E-state index contributed by atoms with van der Waals surface area (Å²) in [6.07, 6.45) is -18.0. The summed E-state index contributed by atoms with van der Waals surface area (Å²) in [6.45, 7) is 26.5. The van der Waals surface area contributed by atoms with E-state index in [1.54, 1.807) is 101 Å². The summed E-state index contributed by atoms with van der Waals surface area (Å²) in [5.74, 6) is -12.7. The number of esters is 9. The fourth-order valence-corrected chi connectivity index (χ4v) is 18.1. The maximum Gasteiger partial charge on any atom is 0.408 e. The molecule has 4 bridgehead atoms. The van der Waals surface area contributed by atoms with E-state index in [4.69, 9.17) is 52.1 Å². The number of ether oxygens (including phenoxy) is 11. The lowest BCUT2D eigenvalue weighted by Crippen LogP contribution is -2.82. The number of benzene rings is 3. The SMILES string of the molecule is C=C1[C@@H](OC(=O)/C=C/c2ccccc2)C[C@H](OC(C)=O)[C@]2(C)[C@@H]1C[C@@H]1C[C@H](OC(=O)CCC(=O)O[C@H]3C(=O)[C@@]4(C)[C@H]([C@H](OC(=O)c5ccccc5)[C@]5(O)C[C@H](OC(=O)[C@H](O)[C@@H](NC(=O)OC(C)(C)C)c6ccccc6)C(C)=C3C5(C)C)[C@]3(OC(C)=O)CO[C@@H]3C[C@@H]4O)C(C)=C([C@@H](OC(C)=O)[C@@H]2OC(C)=O)C1(C)C. The number of carbonyl (C=O) groups is 11. The molecule has 0 aromatic heterocycles. The van der Waals surface area contributed by atoms with Gasteiger partial charge in [0.15, 0.2) is 35.8 Å². The van der Waals surface area contributed by atoms with Crippen LogP contribution in [0.15, 0.2) is 132 Å². The molecule has 0 unspecified atom stereocenters. The Morgan fingerprint density at radius 3 is 1.82 bits per heavy atom. The van der Waals surface area contributed by atoms with Crippen LogP contribution >= 0.6 is 0 Å². The summed E-state index contributed by atoms with van der Waals surface area (Å²) < 4.78 is 68.2. The Hall–Kier alpha value is -9.37. The molecule has 10 rings (SSSR count). The third-order valence-corrected chi connectivity index (χ3v) is 23.5. The third-order valence-electron chi connectivity index (χ3n) is 23.5. The fourth-order valence-electron chi connectivity index (χ4n) is 18.1. The van der Waals surface area contributed by atoms with Crippen molar-refractivity contribution >= 4 is 71.7 Å². The lowest BCUT2D eigenvalue weighted by atomic mass is 9.44. The minimum absolute atomic E-state index is 0.0114. The lowest BCUT2D eigenvalue weighted by Gasteiger charge is -2.67. The van der Waals surface area contributed by atoms with Gasteiger partial charge in [0, 0.05) is 58.4 Å². The molecule has 26 heteroatoms. The molecule has 1 heterocycles. The van der Waals surface area contributed by atoms with Gasteiger partial charge in [-0.15, -0.1) is 0 Å². The number of amides is 1. The summed E-state index contributed by atoms with van der Waals surface area (Å²) >= 11 is 0. The van der Waals surface area contributed by atoms with Gasteiger partial charge in [-0.1, -0.05) is 120 Å². The van der Waals surface area contributed by atoms with E-state index in [9.17, 15) is 58.5 Å². The van der Waals surface area contributed by atoms with Crippen molar-refractivity contribution < 1.29 is 120 Å². The second-order valence-corrected chi connectivity index (χ2v) is 32.1. The Morgan fingerprint density at radius 2 is 1.25 bits per heavy atom. The van der Waals surface area contributed by atoms with E-state index in [0.717, 1.165) is 12.5 Å². The molecule has 5 fully saturated rings. The van der Waals surface area contributed by atoms with Gasteiger partial charge in [0.2, 0.25) is 0 Å². The molecule has 1 amide bonds. The van der Waals surface area contributed by atoms with E-state index in [1.165, 1.54) is 78.8 Å². The molecule has 26 nitrogen and oxygen atoms in total. The summed E-state index contributed by atoms with van der Waals surface area (Å²) in [5.41, 5.74) is -10.4. The molecule has 582 valence electrons. The first-order chi connectivity index (χ1) is 50.5. The van der Waals surface area contributed by atoms with E-state index in [2.05, 4.69) is 11.9 Å². The number of Topliss-reactive ketones (excluding diaryl/α,β-unsaturated/α-hetero) is 1. The summed E-state index contributed by atoms with van der Waals surface area (Å²) in [5, 5.41) is 41.7. The Labute approximate surface area is 627 Å². The number of fused-ring (bicyclic) bond motifs is 8. The van der Waals surface area contributed by atoms with E-state index < -0.39 is 221 Å². The number of ketones is 1. The van der Waals surface area contributed by atoms with Crippen molar-refractivity contribution in [3.05, 3.63) is 148 Å². The van der Waals surface area contributed by atoms with Gasteiger partial charge in [-0.25, -0.2) is 19.2 Å². The van der Waals surface area contributed by atoms with Gasteiger partial charge < -0.3 is 72.7 Å². The number of nitrogens with one attached hydrogen (secondary N) is 1. The number of hydrogen-bond donors (Lipinski definition) is 4. The van der Waals surface area contributed by atoms with Crippen LogP contribution in [0.2, 0.25) is 0 Å². The van der Waals surface area contributed by atoms with E-state index in [1.807, 2.05) is 19.9 Å². The van der Waals surface area contributed by atoms with Gasteiger partial charge in [0.05, 0.1) is 53.9 Å². The van der Waals surface area contributed by atoms with Crippen LogP contribution < -0.4 is 5.32 Å². The second kappa shape index (κ2) is 30.9. The van der Waals surface area contributed by atoms with Crippen LogP contribution in [0.5, 0.6) is 0 Å². The predicted molar refractivity (Wildman–Crippen MR) is 383 cm³/mol.